The fourth-order valence-electron chi connectivity index (χ4n) is 4.27. The van der Waals surface area contributed by atoms with E-state index in [1.807, 2.05) is 20.8 Å². The summed E-state index contributed by atoms with van der Waals surface area (Å²) in [5.41, 5.74) is 16.1. The fraction of sp³-hybridized carbons (Fsp3) is 0.455. The molecule has 6 nitrogen and oxygen atoms in total. The summed E-state index contributed by atoms with van der Waals surface area (Å²) in [6, 6.07) is 10.8. The molecule has 0 unspecified atom stereocenters. The number of nitrogen functional groups attached to an aromatic ring is 3. The first-order valence-electron chi connectivity index (χ1n) is 14.9. The highest BCUT2D eigenvalue weighted by atomic mass is 19.4. The topological polar surface area (TPSA) is 87.8 Å². The van der Waals surface area contributed by atoms with Crippen LogP contribution in [0.15, 0.2) is 54.6 Å². The summed E-state index contributed by atoms with van der Waals surface area (Å²) in [6.45, 7) is 7.45. The number of unbranched alkanes of at least 4 members (excludes halogenated alkanes) is 1. The highest BCUT2D eigenvalue weighted by Crippen LogP contribution is 2.35. The maximum atomic E-state index is 12.6. The Morgan fingerprint density at radius 3 is 1.19 bits per heavy atom. The van der Waals surface area contributed by atoms with Gasteiger partial charge in [-0.2, -0.15) is 39.5 Å². The number of anilines is 6. The van der Waals surface area contributed by atoms with Gasteiger partial charge in [0.2, 0.25) is 0 Å². The minimum absolute atomic E-state index is 0.114. The molecular formula is C33H45F9N6. The number of benzene rings is 3. The molecule has 0 fully saturated rings. The molecule has 6 N–H and O–H groups in total. The summed E-state index contributed by atoms with van der Waals surface area (Å²) in [5, 5.41) is 0. The summed E-state index contributed by atoms with van der Waals surface area (Å²) >= 11 is 0. The van der Waals surface area contributed by atoms with E-state index in [0.29, 0.717) is 29.5 Å². The number of hydrogen-bond donors (Lipinski definition) is 3. The average molecular weight is 697 g/mol. The van der Waals surface area contributed by atoms with E-state index in [9.17, 15) is 39.5 Å². The van der Waals surface area contributed by atoms with Gasteiger partial charge in [-0.25, -0.2) is 0 Å². The molecule has 0 heterocycles. The van der Waals surface area contributed by atoms with E-state index in [1.54, 1.807) is 55.0 Å². The van der Waals surface area contributed by atoms with Crippen LogP contribution in [0.4, 0.5) is 73.6 Å². The van der Waals surface area contributed by atoms with Crippen molar-refractivity contribution >= 4 is 34.1 Å². The first kappa shape index (κ1) is 41.9. The second kappa shape index (κ2) is 17.3. The zero-order chi connectivity index (χ0) is 37.2. The number of rotatable bonds is 8. The zero-order valence-electron chi connectivity index (χ0n) is 28.1. The lowest BCUT2D eigenvalue weighted by Crippen LogP contribution is -2.23. The average Bonchev–Trinajstić information content (AvgIpc) is 2.94. The molecule has 0 bridgehead atoms. The molecule has 48 heavy (non-hydrogen) atoms. The van der Waals surface area contributed by atoms with E-state index in [-0.39, 0.29) is 17.1 Å². The Kier molecular flexibility index (Phi) is 15.1. The number of hydrogen-bond acceptors (Lipinski definition) is 6. The molecule has 0 saturated carbocycles. The van der Waals surface area contributed by atoms with E-state index in [2.05, 4.69) is 0 Å². The third kappa shape index (κ3) is 14.3. The molecule has 0 spiro atoms. The van der Waals surface area contributed by atoms with Gasteiger partial charge in [-0.3, -0.25) is 0 Å². The van der Waals surface area contributed by atoms with Gasteiger partial charge in [0.15, 0.2) is 0 Å². The third-order valence-electron chi connectivity index (χ3n) is 6.69. The van der Waals surface area contributed by atoms with Crippen LogP contribution in [0.5, 0.6) is 0 Å². The summed E-state index contributed by atoms with van der Waals surface area (Å²) in [4.78, 5) is 5.14. The minimum Gasteiger partial charge on any atom is -0.399 e. The highest BCUT2D eigenvalue weighted by molar-refractivity contribution is 5.60. The fourth-order valence-corrected chi connectivity index (χ4v) is 4.27. The van der Waals surface area contributed by atoms with Crippen LogP contribution in [0.2, 0.25) is 0 Å². The van der Waals surface area contributed by atoms with Crippen molar-refractivity contribution in [2.24, 2.45) is 5.92 Å². The number of alkyl halides is 9. The van der Waals surface area contributed by atoms with E-state index in [0.717, 1.165) is 55.8 Å². The summed E-state index contributed by atoms with van der Waals surface area (Å²) in [6.07, 6.45) is -11.1. The molecule has 0 amide bonds. The Labute approximate surface area is 276 Å². The lowest BCUT2D eigenvalue weighted by molar-refractivity contribution is -0.138. The van der Waals surface area contributed by atoms with Crippen molar-refractivity contribution in [2.45, 2.75) is 52.1 Å². The lowest BCUT2D eigenvalue weighted by atomic mass is 10.1. The molecule has 0 aliphatic carbocycles. The molecule has 0 radical (unpaired) electrons. The van der Waals surface area contributed by atoms with E-state index in [4.69, 9.17) is 17.2 Å². The number of nitrogens with zero attached hydrogens (tertiary/aromatic N) is 3. The Bertz CT molecular complexity index is 1430. The van der Waals surface area contributed by atoms with Gasteiger partial charge in [-0.1, -0.05) is 27.2 Å². The zero-order valence-corrected chi connectivity index (χ0v) is 28.1. The van der Waals surface area contributed by atoms with Crippen LogP contribution < -0.4 is 31.9 Å². The molecule has 270 valence electrons. The lowest BCUT2D eigenvalue weighted by Gasteiger charge is -2.23. The van der Waals surface area contributed by atoms with Crippen molar-refractivity contribution in [2.75, 3.05) is 73.2 Å². The second-order valence-electron chi connectivity index (χ2n) is 11.9. The quantitative estimate of drug-likeness (QED) is 0.161. The van der Waals surface area contributed by atoms with Crippen LogP contribution in [0.25, 0.3) is 0 Å². The van der Waals surface area contributed by atoms with Crippen LogP contribution in [-0.4, -0.2) is 41.3 Å². The molecule has 0 aliphatic rings. The van der Waals surface area contributed by atoms with Crippen molar-refractivity contribution in [3.8, 4) is 0 Å². The van der Waals surface area contributed by atoms with Crippen molar-refractivity contribution < 1.29 is 39.5 Å². The molecular weight excluding hydrogens is 651 g/mol. The van der Waals surface area contributed by atoms with Gasteiger partial charge in [0.1, 0.15) is 0 Å². The summed E-state index contributed by atoms with van der Waals surface area (Å²) in [7, 11) is 6.85. The number of halogens is 9. The number of nitrogens with two attached hydrogens (primary N) is 3. The largest absolute Gasteiger partial charge is 0.416 e. The standard InChI is InChI=1S/2C12H17F3N2.C9H11F3N2/c1-8(2)7-17(3)11-5-9(12(13,14)15)4-10(16)6-11;1-3-4-5-17(2)11-7-9(12(13,14)15)6-10(16)8-11;1-14(2)8-4-6(9(10,11)12)3-7(13)5-8/h4-6,8H,7,16H2,1-3H3;6-8H,3-5,16H2,1-2H3;3-5H,13H2,1-2H3. The van der Waals surface area contributed by atoms with Gasteiger partial charge in [0.05, 0.1) is 16.7 Å². The minimum atomic E-state index is -4.36. The van der Waals surface area contributed by atoms with Crippen molar-refractivity contribution in [1.29, 1.82) is 0 Å². The first-order valence-corrected chi connectivity index (χ1v) is 14.9. The van der Waals surface area contributed by atoms with Crippen LogP contribution in [0.3, 0.4) is 0 Å². The van der Waals surface area contributed by atoms with E-state index >= 15 is 0 Å². The van der Waals surface area contributed by atoms with Gasteiger partial charge >= 0.3 is 18.5 Å². The van der Waals surface area contributed by atoms with Crippen LogP contribution in [0.1, 0.15) is 50.3 Å². The van der Waals surface area contributed by atoms with Crippen molar-refractivity contribution in [3.05, 3.63) is 71.3 Å². The maximum absolute atomic E-state index is 12.6. The SMILES string of the molecule is CC(C)CN(C)c1cc(N)cc(C(F)(F)F)c1.CCCCN(C)c1cc(N)cc(C(F)(F)F)c1.CN(C)c1cc(N)cc(C(F)(F)F)c1. The van der Waals surface area contributed by atoms with E-state index < -0.39 is 35.2 Å². The Balaban J connectivity index is 0.000000362. The van der Waals surface area contributed by atoms with Crippen LogP contribution >= 0.6 is 0 Å². The first-order chi connectivity index (χ1) is 21.8. The normalized spacial score (nSPS) is 11.7. The second-order valence-corrected chi connectivity index (χ2v) is 11.9. The van der Waals surface area contributed by atoms with Gasteiger partial charge in [0.25, 0.3) is 0 Å². The van der Waals surface area contributed by atoms with Crippen LogP contribution in [-0.2, 0) is 18.5 Å². The monoisotopic (exact) mass is 696 g/mol. The molecule has 3 rings (SSSR count). The predicted octanol–water partition coefficient (Wildman–Crippen LogP) is 9.26. The molecule has 0 atom stereocenters. The Morgan fingerprint density at radius 1 is 0.542 bits per heavy atom. The molecule has 0 saturated heterocycles. The molecule has 3 aromatic carbocycles. The Morgan fingerprint density at radius 2 is 0.875 bits per heavy atom. The van der Waals surface area contributed by atoms with Crippen LogP contribution in [0, 0.1) is 5.92 Å². The molecule has 0 aliphatic heterocycles. The maximum Gasteiger partial charge on any atom is 0.416 e. The van der Waals surface area contributed by atoms with Gasteiger partial charge in [-0.05, 0) is 66.9 Å². The van der Waals surface area contributed by atoms with Gasteiger partial charge in [-0.15, -0.1) is 0 Å². The smallest absolute Gasteiger partial charge is 0.399 e. The predicted molar refractivity (Wildman–Crippen MR) is 178 cm³/mol. The van der Waals surface area contributed by atoms with Gasteiger partial charge in [0, 0.05) is 75.4 Å². The summed E-state index contributed by atoms with van der Waals surface area (Å²) in [5.74, 6) is 0.371. The third-order valence-corrected chi connectivity index (χ3v) is 6.69. The molecule has 3 aromatic rings. The van der Waals surface area contributed by atoms with Crippen molar-refractivity contribution in [1.82, 2.24) is 0 Å². The van der Waals surface area contributed by atoms with Crippen molar-refractivity contribution in [3.63, 3.8) is 0 Å². The Hall–Kier alpha value is -4.17. The summed E-state index contributed by atoms with van der Waals surface area (Å²) < 4.78 is 113. The van der Waals surface area contributed by atoms with E-state index in [1.165, 1.54) is 6.07 Å². The highest BCUT2D eigenvalue weighted by Gasteiger charge is 2.33. The van der Waals surface area contributed by atoms with Gasteiger partial charge < -0.3 is 31.9 Å². The molecule has 0 aromatic heterocycles. The molecule has 15 heteroatoms.